The fraction of sp³-hybridized carbons (Fsp3) is 0.672. The Morgan fingerprint density at radius 2 is 1.84 bits per heavy atom. The van der Waals surface area contributed by atoms with Crippen molar-refractivity contribution in [1.29, 1.82) is 0 Å². The number of aldehydes is 1. The van der Waals surface area contributed by atoms with Crippen molar-refractivity contribution in [2.24, 2.45) is 46.8 Å². The number of aliphatic hydroxyl groups is 6. The lowest BCUT2D eigenvalue weighted by atomic mass is 9.45. The number of ether oxygens (including phenoxy) is 2. The van der Waals surface area contributed by atoms with E-state index in [1.54, 1.807) is 7.11 Å². The molecule has 10 atom stereocenters. The van der Waals surface area contributed by atoms with Gasteiger partial charge in [-0.05, 0) is 163 Å². The van der Waals surface area contributed by atoms with E-state index in [0.29, 0.717) is 62.7 Å². The predicted octanol–water partition coefficient (Wildman–Crippen LogP) is 6.91. The van der Waals surface area contributed by atoms with Crippen LogP contribution >= 0.6 is 0 Å². The molecule has 384 valence electrons. The zero-order valence-corrected chi connectivity index (χ0v) is 42.4. The normalized spacial score (nSPS) is 35.0. The van der Waals surface area contributed by atoms with Crippen LogP contribution in [0.4, 0.5) is 0 Å². The zero-order chi connectivity index (χ0) is 49.6. The molecule has 8 N–H and O–H groups in total. The van der Waals surface area contributed by atoms with Gasteiger partial charge in [-0.1, -0.05) is 96.9 Å². The third-order valence-electron chi connectivity index (χ3n) is 17.4. The van der Waals surface area contributed by atoms with Crippen molar-refractivity contribution < 1.29 is 44.9 Å². The van der Waals surface area contributed by atoms with Crippen LogP contribution in [0.1, 0.15) is 108 Å². The highest BCUT2D eigenvalue weighted by molar-refractivity contribution is 5.74. The molecule has 1 aromatic carbocycles. The number of allylic oxidation sites excluding steroid dienone is 9. The Balaban J connectivity index is 1.29. The van der Waals surface area contributed by atoms with Crippen LogP contribution in [0, 0.1) is 46.8 Å². The first-order valence-corrected chi connectivity index (χ1v) is 26.3. The molecule has 0 amide bonds. The molecule has 4 bridgehead atoms. The van der Waals surface area contributed by atoms with Crippen molar-refractivity contribution in [3.05, 3.63) is 106 Å². The summed E-state index contributed by atoms with van der Waals surface area (Å²) in [6, 6.07) is 9.10. The molecule has 1 heterocycles. The van der Waals surface area contributed by atoms with E-state index in [1.165, 1.54) is 42.4 Å². The Morgan fingerprint density at radius 1 is 1.06 bits per heavy atom. The minimum Gasteiger partial charge on any atom is -0.396 e. The summed E-state index contributed by atoms with van der Waals surface area (Å²) in [6.45, 7) is 10.5. The van der Waals surface area contributed by atoms with Crippen LogP contribution in [-0.2, 0) is 27.1 Å². The largest absolute Gasteiger partial charge is 0.396 e. The van der Waals surface area contributed by atoms with Gasteiger partial charge < -0.3 is 50.7 Å². The lowest BCUT2D eigenvalue weighted by molar-refractivity contribution is -0.194. The first kappa shape index (κ1) is 55.2. The zero-order valence-electron chi connectivity index (χ0n) is 42.4. The van der Waals surface area contributed by atoms with Crippen molar-refractivity contribution in [1.82, 2.24) is 10.6 Å². The number of fused-ring (bicyclic) bond motifs is 5. The van der Waals surface area contributed by atoms with Crippen LogP contribution < -0.4 is 10.6 Å². The molecule has 0 saturated heterocycles. The van der Waals surface area contributed by atoms with Gasteiger partial charge in [-0.3, -0.25) is 4.79 Å². The number of hydrogen-bond donors (Lipinski definition) is 8. The van der Waals surface area contributed by atoms with Gasteiger partial charge in [-0.15, -0.1) is 0 Å². The van der Waals surface area contributed by atoms with Crippen LogP contribution in [0.2, 0.25) is 0 Å². The van der Waals surface area contributed by atoms with Crippen molar-refractivity contribution in [2.75, 3.05) is 66.9 Å². The first-order chi connectivity index (χ1) is 33.3. The molecule has 69 heavy (non-hydrogen) atoms. The van der Waals surface area contributed by atoms with Gasteiger partial charge in [0.2, 0.25) is 0 Å². The summed E-state index contributed by atoms with van der Waals surface area (Å²) >= 11 is 0. The minimum atomic E-state index is -1.27. The van der Waals surface area contributed by atoms with Gasteiger partial charge in [0, 0.05) is 56.3 Å². The molecule has 6 rings (SSSR count). The molecule has 1 aromatic rings. The van der Waals surface area contributed by atoms with Crippen LogP contribution in [0.25, 0.3) is 0 Å². The Morgan fingerprint density at radius 3 is 2.55 bits per heavy atom. The number of nitrogens with one attached hydrogen (secondary N) is 2. The second-order valence-electron chi connectivity index (χ2n) is 21.7. The summed E-state index contributed by atoms with van der Waals surface area (Å²) in [4.78, 5) is 12.5. The van der Waals surface area contributed by atoms with E-state index in [9.17, 15) is 35.4 Å². The molecule has 4 aliphatic carbocycles. The molecule has 1 aliphatic heterocycles. The van der Waals surface area contributed by atoms with Gasteiger partial charge in [0.05, 0.1) is 31.5 Å². The number of hydrogen-bond acceptors (Lipinski definition) is 11. The average Bonchev–Trinajstić information content (AvgIpc) is 3.70. The molecule has 3 fully saturated rings. The summed E-state index contributed by atoms with van der Waals surface area (Å²) in [6.07, 6.45) is 24.1. The molecule has 0 radical (unpaired) electrons. The van der Waals surface area contributed by atoms with Gasteiger partial charge in [0.1, 0.15) is 12.4 Å². The maximum atomic E-state index is 13.0. The van der Waals surface area contributed by atoms with Gasteiger partial charge >= 0.3 is 0 Å². The standard InChI is InChI=1S/C58H88N2O9/c1-40-14-17-47(32-44-10-7-11-45(31-44)33-56(60-35-40,26-30-68-5)50-20-15-43(16-21-50)12-8-28-61)41(2)9-6-13-49(38-69-39-51(65)37-64)52-22-24-58(55(52)66)54-46(23-29-62)18-19-48(53(54)42(3)36-63)34-57(58,67)25-27-59-4/h6-7,9-11,13-14,18-19,31,36,43,46-48,50-52,54-55,59-62,64-67H,2,8,12,15-17,20-30,32-35,37-39H2,1,3-5H3/b9-6+,40-14+,49-13-,53-42?/t43?,46-,47-,48+,50?,51-,52+,54+,55-,56-,57-,58-/m1/s1. The Bertz CT molecular complexity index is 1980. The van der Waals surface area contributed by atoms with E-state index in [-0.39, 0.29) is 55.6 Å². The average molecular weight is 957 g/mol. The van der Waals surface area contributed by atoms with Gasteiger partial charge in [-0.2, -0.15) is 0 Å². The molecular formula is C58H88N2O9. The second-order valence-corrected chi connectivity index (χ2v) is 21.7. The molecule has 0 aromatic heterocycles. The monoisotopic (exact) mass is 957 g/mol. The van der Waals surface area contributed by atoms with E-state index in [0.717, 1.165) is 68.1 Å². The second kappa shape index (κ2) is 26.1. The van der Waals surface area contributed by atoms with Crippen molar-refractivity contribution in [2.45, 2.75) is 134 Å². The summed E-state index contributed by atoms with van der Waals surface area (Å²) in [5, 5.41) is 73.0. The van der Waals surface area contributed by atoms with E-state index in [2.05, 4.69) is 72.7 Å². The Hall–Kier alpha value is -3.07. The highest BCUT2D eigenvalue weighted by atomic mass is 16.5. The summed E-state index contributed by atoms with van der Waals surface area (Å²) < 4.78 is 11.8. The van der Waals surface area contributed by atoms with Crippen molar-refractivity contribution in [3.63, 3.8) is 0 Å². The minimum absolute atomic E-state index is 0.0578. The Labute approximate surface area is 413 Å². The number of rotatable bonds is 22. The maximum Gasteiger partial charge on any atom is 0.145 e. The molecule has 0 unspecified atom stereocenters. The van der Waals surface area contributed by atoms with E-state index >= 15 is 0 Å². The quantitative estimate of drug-likeness (QED) is 0.0262. The number of carbonyl (C=O) groups excluding carboxylic acids is 1. The number of carbonyl (C=O) groups is 1. The third kappa shape index (κ3) is 12.9. The molecule has 11 nitrogen and oxygen atoms in total. The van der Waals surface area contributed by atoms with E-state index in [4.69, 9.17) is 9.47 Å². The number of aliphatic hydroxyl groups excluding tert-OH is 5. The highest BCUT2D eigenvalue weighted by Crippen LogP contribution is 2.67. The van der Waals surface area contributed by atoms with E-state index < -0.39 is 35.7 Å². The fourth-order valence-corrected chi connectivity index (χ4v) is 13.7. The highest BCUT2D eigenvalue weighted by Gasteiger charge is 2.68. The van der Waals surface area contributed by atoms with Gasteiger partial charge in [0.15, 0.2) is 0 Å². The van der Waals surface area contributed by atoms with Crippen LogP contribution in [-0.4, -0.2) is 127 Å². The SMILES string of the molecule is C=C(/C=C/C=C(/COC[C@H](O)CO)[C@@H]1CC[C@]2([C@@H]1O)[C@@H]1C(=C(C)C=O)[C@@H](C=C[C@@H]1CCO)C[C@]2(O)CCNC)[C@@H]1C/C=C(\C)CN[C@@](CCOC)(C2CCC(CCCO)CC2)Cc2cccc(c2)C1. The maximum absolute atomic E-state index is 13.0. The van der Waals surface area contributed by atoms with Gasteiger partial charge in [-0.25, -0.2) is 0 Å². The smallest absolute Gasteiger partial charge is 0.145 e. The van der Waals surface area contributed by atoms with Crippen LogP contribution in [0.5, 0.6) is 0 Å². The molecular weight excluding hydrogens is 869 g/mol. The fourth-order valence-electron chi connectivity index (χ4n) is 13.7. The lowest BCUT2D eigenvalue weighted by Crippen LogP contribution is -2.65. The van der Waals surface area contributed by atoms with E-state index in [1.807, 2.05) is 26.1 Å². The van der Waals surface area contributed by atoms with Crippen LogP contribution in [0.15, 0.2) is 95.2 Å². The number of benzene rings is 1. The van der Waals surface area contributed by atoms with Crippen LogP contribution in [0.3, 0.4) is 0 Å². The predicted molar refractivity (Wildman–Crippen MR) is 274 cm³/mol. The summed E-state index contributed by atoms with van der Waals surface area (Å²) in [7, 11) is 3.66. The first-order valence-electron chi connectivity index (χ1n) is 26.3. The number of methoxy groups -OCH3 is 1. The molecule has 3 saturated carbocycles. The molecule has 11 heteroatoms. The summed E-state index contributed by atoms with van der Waals surface area (Å²) in [5.74, 6) is 0.248. The third-order valence-corrected chi connectivity index (χ3v) is 17.4. The lowest BCUT2D eigenvalue weighted by Gasteiger charge is -2.61. The van der Waals surface area contributed by atoms with Crippen molar-refractivity contribution >= 4 is 6.29 Å². The van der Waals surface area contributed by atoms with Crippen molar-refractivity contribution in [3.8, 4) is 0 Å². The topological polar surface area (TPSA) is 181 Å². The van der Waals surface area contributed by atoms with Gasteiger partial charge in [0.25, 0.3) is 0 Å². The molecule has 5 aliphatic rings. The Kier molecular flexibility index (Phi) is 20.9. The summed E-state index contributed by atoms with van der Waals surface area (Å²) in [5.41, 5.74) is 4.90. The molecule has 1 spiro atoms.